The van der Waals surface area contributed by atoms with E-state index >= 15 is 0 Å². The zero-order valence-electron chi connectivity index (χ0n) is 10.3. The number of ether oxygens (including phenoxy) is 1. The predicted molar refractivity (Wildman–Crippen MR) is 64.6 cm³/mol. The molecular formula is C11H16N4O4. The van der Waals surface area contributed by atoms with Gasteiger partial charge in [-0.15, -0.1) is 0 Å². The van der Waals surface area contributed by atoms with Crippen LogP contribution in [0.4, 0.5) is 0 Å². The van der Waals surface area contributed by atoms with E-state index in [1.54, 1.807) is 4.57 Å². The fourth-order valence-corrected chi connectivity index (χ4v) is 1.83. The summed E-state index contributed by atoms with van der Waals surface area (Å²) in [7, 11) is 0. The second-order valence-corrected chi connectivity index (χ2v) is 4.52. The van der Waals surface area contributed by atoms with Crippen LogP contribution in [0.2, 0.25) is 0 Å². The van der Waals surface area contributed by atoms with Crippen molar-refractivity contribution in [3.63, 3.8) is 0 Å². The van der Waals surface area contributed by atoms with Crippen LogP contribution in [0, 0.1) is 0 Å². The third-order valence-electron chi connectivity index (χ3n) is 3.01. The molecule has 1 aliphatic heterocycles. The van der Waals surface area contributed by atoms with E-state index in [0.29, 0.717) is 26.1 Å². The van der Waals surface area contributed by atoms with Crippen molar-refractivity contribution in [3.8, 4) is 0 Å². The largest absolute Gasteiger partial charge is 0.476 e. The maximum Gasteiger partial charge on any atom is 0.356 e. The summed E-state index contributed by atoms with van der Waals surface area (Å²) in [6.45, 7) is 1.51. The van der Waals surface area contributed by atoms with E-state index in [0.717, 1.165) is 0 Å². The van der Waals surface area contributed by atoms with Crippen LogP contribution in [0.1, 0.15) is 16.9 Å². The highest BCUT2D eigenvalue weighted by atomic mass is 16.5. The standard InChI is InChI=1S/C11H16N4O4/c12-11(1-4-19-6-11)10(18)13-2-3-15-5-8(9(16)17)14-7-15/h5,7H,1-4,6,12H2,(H,13,18)(H,16,17). The van der Waals surface area contributed by atoms with Crippen molar-refractivity contribution in [2.75, 3.05) is 19.8 Å². The van der Waals surface area contributed by atoms with E-state index in [4.69, 9.17) is 15.6 Å². The Hall–Kier alpha value is -1.93. The lowest BCUT2D eigenvalue weighted by atomic mass is 9.99. The fourth-order valence-electron chi connectivity index (χ4n) is 1.83. The lowest BCUT2D eigenvalue weighted by Gasteiger charge is -2.20. The maximum absolute atomic E-state index is 11.8. The second kappa shape index (κ2) is 5.37. The highest BCUT2D eigenvalue weighted by molar-refractivity contribution is 5.86. The smallest absolute Gasteiger partial charge is 0.356 e. The molecule has 0 aromatic carbocycles. The van der Waals surface area contributed by atoms with Crippen LogP contribution in [0.3, 0.4) is 0 Å². The normalized spacial score (nSPS) is 22.4. The zero-order valence-corrected chi connectivity index (χ0v) is 10.3. The SMILES string of the molecule is NC1(C(=O)NCCn2cnc(C(=O)O)c2)CCOC1. The van der Waals surface area contributed by atoms with Gasteiger partial charge in [-0.05, 0) is 6.42 Å². The molecule has 4 N–H and O–H groups in total. The number of carbonyl (C=O) groups is 2. The molecule has 1 unspecified atom stereocenters. The first-order valence-electron chi connectivity index (χ1n) is 5.91. The third-order valence-corrected chi connectivity index (χ3v) is 3.01. The summed E-state index contributed by atoms with van der Waals surface area (Å²) in [6.07, 6.45) is 3.32. The van der Waals surface area contributed by atoms with Gasteiger partial charge in [0.25, 0.3) is 0 Å². The van der Waals surface area contributed by atoms with Crippen molar-refractivity contribution in [3.05, 3.63) is 18.2 Å². The average Bonchev–Trinajstić information content (AvgIpc) is 2.99. The van der Waals surface area contributed by atoms with Crippen LogP contribution in [0.15, 0.2) is 12.5 Å². The molecule has 0 spiro atoms. The minimum Gasteiger partial charge on any atom is -0.476 e. The lowest BCUT2D eigenvalue weighted by molar-refractivity contribution is -0.126. The zero-order chi connectivity index (χ0) is 13.9. The number of aromatic nitrogens is 2. The number of carboxylic acid groups (broad SMARTS) is 1. The van der Waals surface area contributed by atoms with Gasteiger partial charge in [0.2, 0.25) is 5.91 Å². The van der Waals surface area contributed by atoms with Crippen LogP contribution in [0.5, 0.6) is 0 Å². The molecule has 1 saturated heterocycles. The molecule has 1 aromatic heterocycles. The Kier molecular flexibility index (Phi) is 3.82. The van der Waals surface area contributed by atoms with Gasteiger partial charge < -0.3 is 25.5 Å². The fraction of sp³-hybridized carbons (Fsp3) is 0.545. The molecule has 1 aromatic rings. The third kappa shape index (κ3) is 3.09. The van der Waals surface area contributed by atoms with E-state index in [2.05, 4.69) is 10.3 Å². The average molecular weight is 268 g/mol. The molecule has 0 bridgehead atoms. The van der Waals surface area contributed by atoms with Gasteiger partial charge in [0.05, 0.1) is 12.9 Å². The van der Waals surface area contributed by atoms with Gasteiger partial charge in [0.1, 0.15) is 5.54 Å². The molecule has 19 heavy (non-hydrogen) atoms. The number of carboxylic acids is 1. The summed E-state index contributed by atoms with van der Waals surface area (Å²) >= 11 is 0. The number of aromatic carboxylic acids is 1. The maximum atomic E-state index is 11.8. The second-order valence-electron chi connectivity index (χ2n) is 4.52. The molecule has 1 fully saturated rings. The molecule has 8 heteroatoms. The quantitative estimate of drug-likeness (QED) is 0.618. The first-order chi connectivity index (χ1) is 9.01. The summed E-state index contributed by atoms with van der Waals surface area (Å²) < 4.78 is 6.70. The van der Waals surface area contributed by atoms with Crippen LogP contribution < -0.4 is 11.1 Å². The number of carbonyl (C=O) groups excluding carboxylic acids is 1. The van der Waals surface area contributed by atoms with Crippen LogP contribution in [0.25, 0.3) is 0 Å². The molecule has 1 aliphatic rings. The van der Waals surface area contributed by atoms with Crippen molar-refractivity contribution in [1.29, 1.82) is 0 Å². The van der Waals surface area contributed by atoms with E-state index in [9.17, 15) is 9.59 Å². The number of imidazole rings is 1. The van der Waals surface area contributed by atoms with Crippen LogP contribution in [-0.4, -0.2) is 51.8 Å². The van der Waals surface area contributed by atoms with Crippen molar-refractivity contribution >= 4 is 11.9 Å². The highest BCUT2D eigenvalue weighted by Gasteiger charge is 2.37. The van der Waals surface area contributed by atoms with E-state index < -0.39 is 11.5 Å². The van der Waals surface area contributed by atoms with E-state index in [-0.39, 0.29) is 18.2 Å². The Labute approximate surface area is 109 Å². The Morgan fingerprint density at radius 3 is 3.00 bits per heavy atom. The van der Waals surface area contributed by atoms with Gasteiger partial charge in [0, 0.05) is 25.9 Å². The molecule has 1 amide bonds. The monoisotopic (exact) mass is 268 g/mol. The molecule has 0 aliphatic carbocycles. The number of hydrogen-bond donors (Lipinski definition) is 3. The van der Waals surface area contributed by atoms with E-state index in [1.807, 2.05) is 0 Å². The lowest BCUT2D eigenvalue weighted by Crippen LogP contribution is -2.54. The van der Waals surface area contributed by atoms with Crippen molar-refractivity contribution < 1.29 is 19.4 Å². The van der Waals surface area contributed by atoms with Gasteiger partial charge in [-0.25, -0.2) is 9.78 Å². The minimum absolute atomic E-state index is 0.0224. The number of nitrogens with one attached hydrogen (secondary N) is 1. The van der Waals surface area contributed by atoms with Crippen LogP contribution >= 0.6 is 0 Å². The van der Waals surface area contributed by atoms with Gasteiger partial charge in [-0.2, -0.15) is 0 Å². The van der Waals surface area contributed by atoms with Gasteiger partial charge >= 0.3 is 5.97 Å². The first-order valence-corrected chi connectivity index (χ1v) is 5.91. The molecule has 1 atom stereocenters. The summed E-state index contributed by atoms with van der Waals surface area (Å²) in [5, 5.41) is 11.4. The van der Waals surface area contributed by atoms with Crippen molar-refractivity contribution in [2.24, 2.45) is 5.73 Å². The van der Waals surface area contributed by atoms with Crippen molar-refractivity contribution in [2.45, 2.75) is 18.5 Å². The van der Waals surface area contributed by atoms with E-state index in [1.165, 1.54) is 12.5 Å². The number of amides is 1. The van der Waals surface area contributed by atoms with Crippen molar-refractivity contribution in [1.82, 2.24) is 14.9 Å². The number of rotatable bonds is 5. The Morgan fingerprint density at radius 2 is 2.42 bits per heavy atom. The first kappa shape index (κ1) is 13.5. The van der Waals surface area contributed by atoms with Gasteiger partial charge in [0.15, 0.2) is 5.69 Å². The summed E-state index contributed by atoms with van der Waals surface area (Å²) in [5.41, 5.74) is 4.93. The minimum atomic E-state index is -1.08. The highest BCUT2D eigenvalue weighted by Crippen LogP contribution is 2.15. The van der Waals surface area contributed by atoms with Gasteiger partial charge in [-0.1, -0.05) is 0 Å². The molecule has 8 nitrogen and oxygen atoms in total. The topological polar surface area (TPSA) is 119 Å². The Morgan fingerprint density at radius 1 is 1.63 bits per heavy atom. The Balaban J connectivity index is 1.79. The molecule has 0 radical (unpaired) electrons. The summed E-state index contributed by atoms with van der Waals surface area (Å²) in [4.78, 5) is 26.2. The number of nitrogens with zero attached hydrogens (tertiary/aromatic N) is 2. The number of nitrogens with two attached hydrogens (primary N) is 1. The number of hydrogen-bond acceptors (Lipinski definition) is 5. The summed E-state index contributed by atoms with van der Waals surface area (Å²) in [5.74, 6) is -1.32. The van der Waals surface area contributed by atoms with Crippen LogP contribution in [-0.2, 0) is 16.1 Å². The molecule has 104 valence electrons. The molecule has 2 heterocycles. The molecular weight excluding hydrogens is 252 g/mol. The Bertz CT molecular complexity index is 479. The van der Waals surface area contributed by atoms with Gasteiger partial charge in [-0.3, -0.25) is 4.79 Å². The molecule has 0 saturated carbocycles. The predicted octanol–water partition coefficient (Wildman–Crippen LogP) is -1.18. The molecule has 2 rings (SSSR count). The summed E-state index contributed by atoms with van der Waals surface area (Å²) in [6, 6.07) is 0.